The van der Waals surface area contributed by atoms with Gasteiger partial charge in [0.05, 0.1) is 12.8 Å². The fraction of sp³-hybridized carbons (Fsp3) is 0.909. The van der Waals surface area contributed by atoms with E-state index in [1.807, 2.05) is 11.8 Å². The van der Waals surface area contributed by atoms with E-state index in [0.717, 1.165) is 19.4 Å². The highest BCUT2D eigenvalue weighted by molar-refractivity contribution is 6.60. The second-order valence-corrected chi connectivity index (χ2v) is 7.08. The first-order chi connectivity index (χ1) is 8.62. The van der Waals surface area contributed by atoms with Crippen molar-refractivity contribution in [2.45, 2.75) is 25.8 Å². The lowest BCUT2D eigenvalue weighted by atomic mass is 10.2. The van der Waals surface area contributed by atoms with E-state index in [1.165, 1.54) is 0 Å². The summed E-state index contributed by atoms with van der Waals surface area (Å²) >= 11 is 0. The number of carbonyl (C=O) groups excluding carboxylic acids is 1. The molecule has 7 heteroatoms. The maximum absolute atomic E-state index is 11.8. The predicted octanol–water partition coefficient (Wildman–Crippen LogP) is 0.431. The van der Waals surface area contributed by atoms with Crippen LogP contribution in [0, 0.1) is 0 Å². The predicted molar refractivity (Wildman–Crippen MR) is 68.0 cm³/mol. The molecule has 1 fully saturated rings. The second kappa shape index (κ2) is 7.20. The molecule has 1 unspecified atom stereocenters. The highest BCUT2D eigenvalue weighted by Crippen LogP contribution is 2.21. The number of carbonyl (C=O) groups is 1. The Hall–Kier alpha value is -0.473. The molecule has 0 saturated carbocycles. The van der Waals surface area contributed by atoms with Gasteiger partial charge in [-0.25, -0.2) is 0 Å². The molecular weight excluding hydrogens is 254 g/mol. The smallest absolute Gasteiger partial charge is 0.465 e. The van der Waals surface area contributed by atoms with Gasteiger partial charge in [0.2, 0.25) is 0 Å². The van der Waals surface area contributed by atoms with Crippen molar-refractivity contribution in [2.75, 3.05) is 40.6 Å². The highest BCUT2D eigenvalue weighted by Gasteiger charge is 2.44. The minimum atomic E-state index is -2.67. The van der Waals surface area contributed by atoms with Crippen LogP contribution < -0.4 is 0 Å². The van der Waals surface area contributed by atoms with Crippen molar-refractivity contribution in [3.63, 3.8) is 0 Å². The molecule has 0 aromatic rings. The van der Waals surface area contributed by atoms with Crippen LogP contribution in [0.1, 0.15) is 19.8 Å². The van der Waals surface area contributed by atoms with E-state index in [1.54, 1.807) is 21.3 Å². The van der Waals surface area contributed by atoms with Crippen molar-refractivity contribution in [3.05, 3.63) is 0 Å². The van der Waals surface area contributed by atoms with Crippen LogP contribution in [0.4, 0.5) is 0 Å². The van der Waals surface area contributed by atoms with Gasteiger partial charge >= 0.3 is 14.8 Å². The van der Waals surface area contributed by atoms with E-state index < -0.39 is 8.80 Å². The number of esters is 1. The number of ether oxygens (including phenoxy) is 1. The topological polar surface area (TPSA) is 57.2 Å². The van der Waals surface area contributed by atoms with Crippen LogP contribution in [0.3, 0.4) is 0 Å². The van der Waals surface area contributed by atoms with E-state index in [4.69, 9.17) is 18.0 Å². The van der Waals surface area contributed by atoms with Gasteiger partial charge < -0.3 is 18.0 Å². The molecule has 0 N–H and O–H groups in total. The van der Waals surface area contributed by atoms with Gasteiger partial charge in [0.25, 0.3) is 0 Å². The summed E-state index contributed by atoms with van der Waals surface area (Å²) in [5.74, 6) is -0.166. The Morgan fingerprint density at radius 3 is 2.39 bits per heavy atom. The van der Waals surface area contributed by atoms with E-state index in [-0.39, 0.29) is 12.0 Å². The molecule has 1 aliphatic heterocycles. The summed E-state index contributed by atoms with van der Waals surface area (Å²) in [6.07, 6.45) is 2.31. The van der Waals surface area contributed by atoms with Gasteiger partial charge in [0, 0.05) is 21.3 Å². The fourth-order valence-corrected chi connectivity index (χ4v) is 3.98. The third-order valence-corrected chi connectivity index (χ3v) is 5.91. The Morgan fingerprint density at radius 1 is 1.28 bits per heavy atom. The van der Waals surface area contributed by atoms with Gasteiger partial charge in [0.1, 0.15) is 6.04 Å². The average molecular weight is 277 g/mol. The maximum Gasteiger partial charge on any atom is 0.514 e. The molecule has 1 rings (SSSR count). The summed E-state index contributed by atoms with van der Waals surface area (Å²) in [4.78, 5) is 13.9. The Morgan fingerprint density at radius 2 is 1.89 bits per heavy atom. The van der Waals surface area contributed by atoms with Crippen LogP contribution in [0.2, 0.25) is 0 Å². The van der Waals surface area contributed by atoms with E-state index in [0.29, 0.717) is 12.8 Å². The molecule has 0 aliphatic carbocycles. The van der Waals surface area contributed by atoms with Crippen molar-refractivity contribution in [1.82, 2.24) is 4.90 Å². The van der Waals surface area contributed by atoms with Crippen LogP contribution >= 0.6 is 0 Å². The molecule has 0 bridgehead atoms. The third-order valence-electron chi connectivity index (χ3n) is 3.25. The monoisotopic (exact) mass is 277 g/mol. The molecule has 106 valence electrons. The number of hydrogen-bond donors (Lipinski definition) is 0. The first-order valence-electron chi connectivity index (χ1n) is 6.18. The maximum atomic E-state index is 11.8. The normalized spacial score (nSPS) is 21.2. The van der Waals surface area contributed by atoms with E-state index in [9.17, 15) is 4.79 Å². The zero-order valence-electron chi connectivity index (χ0n) is 11.6. The third kappa shape index (κ3) is 3.52. The molecule has 18 heavy (non-hydrogen) atoms. The van der Waals surface area contributed by atoms with Gasteiger partial charge in [-0.1, -0.05) is 0 Å². The van der Waals surface area contributed by atoms with Gasteiger partial charge in [-0.2, -0.15) is 0 Å². The summed E-state index contributed by atoms with van der Waals surface area (Å²) in [6.45, 7) is 3.06. The Bertz CT molecular complexity index is 264. The van der Waals surface area contributed by atoms with Crippen molar-refractivity contribution >= 4 is 14.8 Å². The fourth-order valence-electron chi connectivity index (χ4n) is 2.21. The van der Waals surface area contributed by atoms with Crippen LogP contribution in [-0.4, -0.2) is 66.4 Å². The molecule has 1 heterocycles. The molecule has 1 atom stereocenters. The molecule has 0 radical (unpaired) electrons. The summed E-state index contributed by atoms with van der Waals surface area (Å²) in [5, 5.41) is 0. The molecule has 6 nitrogen and oxygen atoms in total. The van der Waals surface area contributed by atoms with Crippen LogP contribution in [0.5, 0.6) is 0 Å². The summed E-state index contributed by atoms with van der Waals surface area (Å²) in [7, 11) is 2.06. The van der Waals surface area contributed by atoms with Crippen LogP contribution in [0.25, 0.3) is 0 Å². The minimum absolute atomic E-state index is 0.166. The Labute approximate surface area is 110 Å². The minimum Gasteiger partial charge on any atom is -0.465 e. The van der Waals surface area contributed by atoms with Crippen LogP contribution in [0.15, 0.2) is 0 Å². The standard InChI is InChI=1S/C11H23NO5Si/c1-5-17-11(13)10-7-6-8-12(10)9-18(14-2,15-3)16-4/h10H,5-9H2,1-4H3. The van der Waals surface area contributed by atoms with Gasteiger partial charge in [-0.05, 0) is 26.3 Å². The molecule has 1 aliphatic rings. The largest absolute Gasteiger partial charge is 0.514 e. The number of hydrogen-bond acceptors (Lipinski definition) is 6. The molecule has 0 aromatic heterocycles. The zero-order valence-corrected chi connectivity index (χ0v) is 12.6. The lowest BCUT2D eigenvalue weighted by Gasteiger charge is -2.31. The number of nitrogens with zero attached hydrogens (tertiary/aromatic N) is 1. The summed E-state index contributed by atoms with van der Waals surface area (Å²) < 4.78 is 21.2. The second-order valence-electron chi connectivity index (χ2n) is 4.18. The average Bonchev–Trinajstić information content (AvgIpc) is 2.84. The molecule has 0 spiro atoms. The van der Waals surface area contributed by atoms with Crippen molar-refractivity contribution in [3.8, 4) is 0 Å². The Balaban J connectivity index is 2.67. The van der Waals surface area contributed by atoms with Crippen molar-refractivity contribution in [2.24, 2.45) is 0 Å². The van der Waals surface area contributed by atoms with E-state index >= 15 is 0 Å². The van der Waals surface area contributed by atoms with Gasteiger partial charge in [-0.15, -0.1) is 0 Å². The zero-order chi connectivity index (χ0) is 13.6. The number of rotatable bonds is 7. The lowest BCUT2D eigenvalue weighted by molar-refractivity contribution is -0.148. The first-order valence-corrected chi connectivity index (χ1v) is 8.11. The molecule has 0 amide bonds. The molecular formula is C11H23NO5Si. The van der Waals surface area contributed by atoms with Crippen molar-refractivity contribution < 1.29 is 22.8 Å². The van der Waals surface area contributed by atoms with Crippen LogP contribution in [-0.2, 0) is 22.8 Å². The highest BCUT2D eigenvalue weighted by atomic mass is 28.4. The van der Waals surface area contributed by atoms with Gasteiger partial charge in [-0.3, -0.25) is 9.69 Å². The first kappa shape index (κ1) is 15.6. The Kier molecular flexibility index (Phi) is 6.23. The summed E-state index contributed by atoms with van der Waals surface area (Å²) in [6, 6.07) is -0.197. The molecule has 0 aromatic carbocycles. The lowest BCUT2D eigenvalue weighted by Crippen LogP contribution is -2.55. The molecule has 1 saturated heterocycles. The number of likely N-dealkylation sites (tertiary alicyclic amines) is 1. The van der Waals surface area contributed by atoms with E-state index in [2.05, 4.69) is 0 Å². The SMILES string of the molecule is CCOC(=O)C1CCCN1C[Si](OC)(OC)OC. The quantitative estimate of drug-likeness (QED) is 0.497. The van der Waals surface area contributed by atoms with Gasteiger partial charge in [0.15, 0.2) is 0 Å². The van der Waals surface area contributed by atoms with Crippen molar-refractivity contribution in [1.29, 1.82) is 0 Å². The summed E-state index contributed by atoms with van der Waals surface area (Å²) in [5.41, 5.74) is 0.